The van der Waals surface area contributed by atoms with Crippen LogP contribution in [0, 0.1) is 6.92 Å². The van der Waals surface area contributed by atoms with Crippen LogP contribution in [0.25, 0.3) is 0 Å². The number of hydrogen-bond donors (Lipinski definition) is 1. The Bertz CT molecular complexity index is 508. The van der Waals surface area contributed by atoms with E-state index in [1.165, 1.54) is 4.88 Å². The van der Waals surface area contributed by atoms with Crippen LogP contribution >= 0.6 is 11.3 Å². The first-order valence-corrected chi connectivity index (χ1v) is 6.45. The Hall–Kier alpha value is -1.52. The molecule has 1 atom stereocenters. The van der Waals surface area contributed by atoms with Crippen LogP contribution in [-0.2, 0) is 4.79 Å². The van der Waals surface area contributed by atoms with Crippen molar-refractivity contribution in [1.82, 2.24) is 11.1 Å². The highest BCUT2D eigenvalue weighted by molar-refractivity contribution is 7.11. The Balaban J connectivity index is 0.00000162. The molecule has 18 heavy (non-hydrogen) atoms. The lowest BCUT2D eigenvalue weighted by Gasteiger charge is -2.12. The number of thiazole rings is 1. The van der Waals surface area contributed by atoms with Gasteiger partial charge in [0.1, 0.15) is 10.8 Å². The summed E-state index contributed by atoms with van der Waals surface area (Å²) in [5, 5.41) is 1.03. The van der Waals surface area contributed by atoms with Gasteiger partial charge in [0.15, 0.2) is 0 Å². The Morgan fingerprint density at radius 1 is 1.33 bits per heavy atom. The molecule has 0 saturated carbocycles. The maximum Gasteiger partial charge on any atom is 0.130 e. The minimum atomic E-state index is 0. The van der Waals surface area contributed by atoms with E-state index in [-0.39, 0.29) is 17.9 Å². The molecule has 96 valence electrons. The molecule has 1 aromatic carbocycles. The number of ketones is 1. The minimum absolute atomic E-state index is 0. The van der Waals surface area contributed by atoms with Gasteiger partial charge in [0.25, 0.3) is 0 Å². The third-order valence-electron chi connectivity index (χ3n) is 2.63. The summed E-state index contributed by atoms with van der Waals surface area (Å²) in [4.78, 5) is 17.0. The van der Waals surface area contributed by atoms with Crippen LogP contribution in [0.2, 0.25) is 0 Å². The summed E-state index contributed by atoms with van der Waals surface area (Å²) < 4.78 is 0. The van der Waals surface area contributed by atoms with E-state index in [0.29, 0.717) is 6.42 Å². The lowest BCUT2D eigenvalue weighted by Crippen LogP contribution is -2.05. The Kier molecular flexibility index (Phi) is 5.19. The van der Waals surface area contributed by atoms with Crippen molar-refractivity contribution in [2.75, 3.05) is 0 Å². The van der Waals surface area contributed by atoms with Crippen molar-refractivity contribution in [2.24, 2.45) is 0 Å². The SMILES string of the molecule is CC(=O)CC(c1ccccc1)c1ncc(C)s1.N. The zero-order valence-electron chi connectivity index (χ0n) is 10.7. The second-order valence-electron chi connectivity index (χ2n) is 4.18. The molecule has 0 amide bonds. The average Bonchev–Trinajstić information content (AvgIpc) is 2.73. The maximum absolute atomic E-state index is 11.4. The first-order valence-electron chi connectivity index (χ1n) is 5.63. The average molecular weight is 262 g/mol. The van der Waals surface area contributed by atoms with Crippen LogP contribution in [-0.4, -0.2) is 10.8 Å². The molecule has 0 aliphatic carbocycles. The van der Waals surface area contributed by atoms with Gasteiger partial charge < -0.3 is 6.15 Å². The van der Waals surface area contributed by atoms with Gasteiger partial charge in [-0.15, -0.1) is 11.3 Å². The summed E-state index contributed by atoms with van der Waals surface area (Å²) in [6.45, 7) is 3.67. The first kappa shape index (κ1) is 14.5. The van der Waals surface area contributed by atoms with Crippen molar-refractivity contribution in [3.05, 3.63) is 52.0 Å². The van der Waals surface area contributed by atoms with Gasteiger partial charge >= 0.3 is 0 Å². The summed E-state index contributed by atoms with van der Waals surface area (Å²) >= 11 is 1.67. The standard InChI is InChI=1S/C14H15NOS.H3N/c1-10(16)8-13(12-6-4-3-5-7-12)14-15-9-11(2)17-14;/h3-7,9,13H,8H2,1-2H3;1H3. The first-order chi connectivity index (χ1) is 8.16. The van der Waals surface area contributed by atoms with Gasteiger partial charge in [-0.1, -0.05) is 30.3 Å². The number of carbonyl (C=O) groups is 1. The Morgan fingerprint density at radius 3 is 2.50 bits per heavy atom. The zero-order chi connectivity index (χ0) is 12.3. The third-order valence-corrected chi connectivity index (χ3v) is 3.66. The monoisotopic (exact) mass is 262 g/mol. The molecule has 0 spiro atoms. The molecule has 2 rings (SSSR count). The van der Waals surface area contributed by atoms with E-state index >= 15 is 0 Å². The van der Waals surface area contributed by atoms with Gasteiger partial charge in [0.05, 0.1) is 0 Å². The van der Waals surface area contributed by atoms with E-state index in [4.69, 9.17) is 0 Å². The molecule has 3 N–H and O–H groups in total. The molecule has 1 aromatic heterocycles. The van der Waals surface area contributed by atoms with Crippen molar-refractivity contribution in [1.29, 1.82) is 0 Å². The number of Topliss-reactive ketones (excluding diaryl/α,β-unsaturated/α-hetero) is 1. The molecule has 1 heterocycles. The van der Waals surface area contributed by atoms with Crippen LogP contribution in [0.15, 0.2) is 36.5 Å². The lowest BCUT2D eigenvalue weighted by molar-refractivity contribution is -0.117. The molecule has 4 heteroatoms. The molecular formula is C14H18N2OS. The van der Waals surface area contributed by atoms with E-state index in [0.717, 1.165) is 10.6 Å². The second-order valence-corrected chi connectivity index (χ2v) is 5.44. The number of aromatic nitrogens is 1. The highest BCUT2D eigenvalue weighted by atomic mass is 32.1. The van der Waals surface area contributed by atoms with E-state index in [1.807, 2.05) is 31.3 Å². The number of aryl methyl sites for hydroxylation is 1. The summed E-state index contributed by atoms with van der Waals surface area (Å²) in [6, 6.07) is 10.1. The predicted molar refractivity (Wildman–Crippen MR) is 75.5 cm³/mol. The topological polar surface area (TPSA) is 65.0 Å². The van der Waals surface area contributed by atoms with Gasteiger partial charge in [-0.05, 0) is 19.4 Å². The normalized spacial score (nSPS) is 11.7. The summed E-state index contributed by atoms with van der Waals surface area (Å²) in [5.74, 6) is 0.305. The Labute approximate surface area is 111 Å². The van der Waals surface area contributed by atoms with Crippen molar-refractivity contribution in [2.45, 2.75) is 26.2 Å². The van der Waals surface area contributed by atoms with Gasteiger partial charge in [-0.25, -0.2) is 4.98 Å². The number of rotatable bonds is 4. The smallest absolute Gasteiger partial charge is 0.130 e. The van der Waals surface area contributed by atoms with Crippen LogP contribution in [0.3, 0.4) is 0 Å². The van der Waals surface area contributed by atoms with Crippen molar-refractivity contribution < 1.29 is 4.79 Å². The van der Waals surface area contributed by atoms with Crippen LogP contribution in [0.5, 0.6) is 0 Å². The summed E-state index contributed by atoms with van der Waals surface area (Å²) in [6.07, 6.45) is 2.40. The summed E-state index contributed by atoms with van der Waals surface area (Å²) in [5.41, 5.74) is 1.16. The van der Waals surface area contributed by atoms with Gasteiger partial charge in [0, 0.05) is 23.4 Å². The van der Waals surface area contributed by atoms with Gasteiger partial charge in [0.2, 0.25) is 0 Å². The summed E-state index contributed by atoms with van der Waals surface area (Å²) in [7, 11) is 0. The Morgan fingerprint density at radius 2 is 2.00 bits per heavy atom. The number of carbonyl (C=O) groups excluding carboxylic acids is 1. The molecule has 0 fully saturated rings. The van der Waals surface area contributed by atoms with E-state index in [1.54, 1.807) is 18.3 Å². The molecule has 0 aliphatic heterocycles. The zero-order valence-corrected chi connectivity index (χ0v) is 11.5. The van der Waals surface area contributed by atoms with Crippen LogP contribution < -0.4 is 6.15 Å². The molecular weight excluding hydrogens is 244 g/mol. The number of benzene rings is 1. The van der Waals surface area contributed by atoms with Gasteiger partial charge in [-0.3, -0.25) is 4.79 Å². The van der Waals surface area contributed by atoms with Gasteiger partial charge in [-0.2, -0.15) is 0 Å². The van der Waals surface area contributed by atoms with Crippen molar-refractivity contribution in [3.8, 4) is 0 Å². The number of hydrogen-bond acceptors (Lipinski definition) is 4. The largest absolute Gasteiger partial charge is 0.344 e. The quantitative estimate of drug-likeness (QED) is 0.913. The van der Waals surface area contributed by atoms with Crippen molar-refractivity contribution in [3.63, 3.8) is 0 Å². The second kappa shape index (κ2) is 6.42. The number of nitrogens with zero attached hydrogens (tertiary/aromatic N) is 1. The van der Waals surface area contributed by atoms with E-state index < -0.39 is 0 Å². The van der Waals surface area contributed by atoms with E-state index in [9.17, 15) is 4.79 Å². The van der Waals surface area contributed by atoms with E-state index in [2.05, 4.69) is 17.1 Å². The van der Waals surface area contributed by atoms with Crippen molar-refractivity contribution >= 4 is 17.1 Å². The highest BCUT2D eigenvalue weighted by Gasteiger charge is 2.18. The molecule has 3 nitrogen and oxygen atoms in total. The molecule has 2 aromatic rings. The van der Waals surface area contributed by atoms with Crippen LogP contribution in [0.1, 0.15) is 34.7 Å². The molecule has 0 bridgehead atoms. The minimum Gasteiger partial charge on any atom is -0.344 e. The maximum atomic E-state index is 11.4. The molecule has 0 saturated heterocycles. The van der Waals surface area contributed by atoms with Crippen LogP contribution in [0.4, 0.5) is 0 Å². The molecule has 0 radical (unpaired) electrons. The lowest BCUT2D eigenvalue weighted by atomic mass is 9.95. The molecule has 0 aliphatic rings. The highest BCUT2D eigenvalue weighted by Crippen LogP contribution is 2.30. The third kappa shape index (κ3) is 3.48. The molecule has 1 unspecified atom stereocenters. The fourth-order valence-corrected chi connectivity index (χ4v) is 2.76. The predicted octanol–water partition coefficient (Wildman–Crippen LogP) is 3.72. The fourth-order valence-electron chi connectivity index (χ4n) is 1.85. The fraction of sp³-hybridized carbons (Fsp3) is 0.286.